The van der Waals surface area contributed by atoms with Gasteiger partial charge in [-0.15, -0.1) is 0 Å². The summed E-state index contributed by atoms with van der Waals surface area (Å²) in [5.74, 6) is 0.661. The number of aryl methyl sites for hydroxylation is 1. The van der Waals surface area contributed by atoms with Gasteiger partial charge in [0.25, 0.3) is 0 Å². The molecule has 0 atom stereocenters. The van der Waals surface area contributed by atoms with E-state index in [-0.39, 0.29) is 6.10 Å². The average molecular weight is 342 g/mol. The summed E-state index contributed by atoms with van der Waals surface area (Å²) in [6.45, 7) is 4.02. The Hall–Kier alpha value is -1.15. The van der Waals surface area contributed by atoms with Crippen LogP contribution >= 0.6 is 0 Å². The Morgan fingerprint density at radius 3 is 2.57 bits per heavy atom. The summed E-state index contributed by atoms with van der Waals surface area (Å²) >= 11 is 0. The zero-order valence-corrected chi connectivity index (χ0v) is 14.6. The third-order valence-corrected chi connectivity index (χ3v) is 6.16. The van der Waals surface area contributed by atoms with Gasteiger partial charge in [-0.1, -0.05) is 0 Å². The Morgan fingerprint density at radius 1 is 1.30 bits per heavy atom. The maximum Gasteiger partial charge on any atom is 0.243 e. The lowest BCUT2D eigenvalue weighted by Gasteiger charge is -2.31. The fourth-order valence-corrected chi connectivity index (χ4v) is 4.43. The molecule has 1 fully saturated rings. The number of sulfonamides is 1. The first-order chi connectivity index (χ1) is 11.0. The van der Waals surface area contributed by atoms with Crippen LogP contribution in [0.2, 0.25) is 0 Å². The van der Waals surface area contributed by atoms with Crippen molar-refractivity contribution < 1.29 is 17.9 Å². The minimum absolute atomic E-state index is 0.130. The highest BCUT2D eigenvalue weighted by molar-refractivity contribution is 7.89. The van der Waals surface area contributed by atoms with Crippen molar-refractivity contribution in [2.45, 2.75) is 37.2 Å². The molecule has 6 nitrogen and oxygen atoms in total. The second-order valence-electron chi connectivity index (χ2n) is 5.75. The van der Waals surface area contributed by atoms with Gasteiger partial charge in [-0.05, 0) is 56.5 Å². The SMILES string of the molecule is COc1ccc(S(=O)(=O)N2CCC(OCCCN)CC2)c(C)c1. The molecule has 0 bridgehead atoms. The lowest BCUT2D eigenvalue weighted by atomic mass is 10.1. The molecule has 23 heavy (non-hydrogen) atoms. The molecular formula is C16H26N2O4S. The van der Waals surface area contributed by atoms with E-state index in [0.29, 0.717) is 42.4 Å². The van der Waals surface area contributed by atoms with Gasteiger partial charge in [-0.25, -0.2) is 8.42 Å². The van der Waals surface area contributed by atoms with Gasteiger partial charge >= 0.3 is 0 Å². The molecule has 0 radical (unpaired) electrons. The van der Waals surface area contributed by atoms with Gasteiger partial charge in [0.2, 0.25) is 10.0 Å². The summed E-state index contributed by atoms with van der Waals surface area (Å²) in [5, 5.41) is 0. The Labute approximate surface area is 138 Å². The van der Waals surface area contributed by atoms with Gasteiger partial charge in [0.15, 0.2) is 0 Å². The topological polar surface area (TPSA) is 81.9 Å². The molecule has 0 saturated carbocycles. The number of piperidine rings is 1. The summed E-state index contributed by atoms with van der Waals surface area (Å²) in [6.07, 6.45) is 2.41. The van der Waals surface area contributed by atoms with Crippen molar-refractivity contribution in [2.75, 3.05) is 33.4 Å². The van der Waals surface area contributed by atoms with Crippen LogP contribution in [0.4, 0.5) is 0 Å². The van der Waals surface area contributed by atoms with E-state index < -0.39 is 10.0 Å². The third-order valence-electron chi connectivity index (χ3n) is 4.10. The number of methoxy groups -OCH3 is 1. The van der Waals surface area contributed by atoms with Crippen LogP contribution < -0.4 is 10.5 Å². The normalized spacial score (nSPS) is 17.3. The lowest BCUT2D eigenvalue weighted by molar-refractivity contribution is 0.0209. The van der Waals surface area contributed by atoms with Crippen molar-refractivity contribution in [1.82, 2.24) is 4.31 Å². The van der Waals surface area contributed by atoms with Crippen LogP contribution in [0, 0.1) is 6.92 Å². The number of hydrogen-bond acceptors (Lipinski definition) is 5. The monoisotopic (exact) mass is 342 g/mol. The van der Waals surface area contributed by atoms with Gasteiger partial charge in [0, 0.05) is 19.7 Å². The van der Waals surface area contributed by atoms with Crippen molar-refractivity contribution in [3.8, 4) is 5.75 Å². The van der Waals surface area contributed by atoms with Gasteiger partial charge in [-0.2, -0.15) is 4.31 Å². The van der Waals surface area contributed by atoms with Crippen molar-refractivity contribution in [1.29, 1.82) is 0 Å². The predicted molar refractivity (Wildman–Crippen MR) is 89.1 cm³/mol. The number of rotatable bonds is 7. The molecule has 2 N–H and O–H groups in total. The molecule has 2 rings (SSSR count). The lowest BCUT2D eigenvalue weighted by Crippen LogP contribution is -2.41. The Balaban J connectivity index is 2.02. The highest BCUT2D eigenvalue weighted by Gasteiger charge is 2.30. The molecule has 0 amide bonds. The van der Waals surface area contributed by atoms with Crippen LogP contribution in [0.25, 0.3) is 0 Å². The standard InChI is InChI=1S/C16H26N2O4S/c1-13-12-15(21-2)4-5-16(13)23(19,20)18-9-6-14(7-10-18)22-11-3-8-17/h4-5,12,14H,3,6-11,17H2,1-2H3. The molecule has 1 aliphatic heterocycles. The number of hydrogen-bond donors (Lipinski definition) is 1. The molecule has 0 aliphatic carbocycles. The third kappa shape index (κ3) is 4.44. The van der Waals surface area contributed by atoms with Crippen LogP contribution in [0.5, 0.6) is 5.75 Å². The van der Waals surface area contributed by atoms with E-state index in [0.717, 1.165) is 19.3 Å². The number of ether oxygens (including phenoxy) is 2. The van der Waals surface area contributed by atoms with E-state index >= 15 is 0 Å². The summed E-state index contributed by atoms with van der Waals surface area (Å²) in [6, 6.07) is 5.05. The predicted octanol–water partition coefficient (Wildman–Crippen LogP) is 1.52. The first-order valence-electron chi connectivity index (χ1n) is 7.95. The van der Waals surface area contributed by atoms with E-state index in [2.05, 4.69) is 0 Å². The Morgan fingerprint density at radius 2 is 2.00 bits per heavy atom. The van der Waals surface area contributed by atoms with E-state index in [1.165, 1.54) is 0 Å². The fourth-order valence-electron chi connectivity index (χ4n) is 2.75. The molecule has 0 unspecified atom stereocenters. The Bertz CT molecular complexity index is 611. The van der Waals surface area contributed by atoms with E-state index in [9.17, 15) is 8.42 Å². The second kappa shape index (κ2) is 8.10. The molecule has 0 aromatic heterocycles. The minimum Gasteiger partial charge on any atom is -0.497 e. The molecule has 1 saturated heterocycles. The van der Waals surface area contributed by atoms with Crippen molar-refractivity contribution in [3.05, 3.63) is 23.8 Å². The number of nitrogens with zero attached hydrogens (tertiary/aromatic N) is 1. The molecular weight excluding hydrogens is 316 g/mol. The molecule has 1 heterocycles. The average Bonchev–Trinajstić information content (AvgIpc) is 2.55. The van der Waals surface area contributed by atoms with Crippen molar-refractivity contribution in [2.24, 2.45) is 5.73 Å². The summed E-state index contributed by atoms with van der Waals surface area (Å²) in [7, 11) is -1.90. The van der Waals surface area contributed by atoms with Crippen molar-refractivity contribution >= 4 is 10.0 Å². The van der Waals surface area contributed by atoms with Gasteiger partial charge in [-0.3, -0.25) is 0 Å². The molecule has 130 valence electrons. The van der Waals surface area contributed by atoms with E-state index in [4.69, 9.17) is 15.2 Å². The van der Waals surface area contributed by atoms with Gasteiger partial charge in [0.05, 0.1) is 18.1 Å². The highest BCUT2D eigenvalue weighted by atomic mass is 32.2. The van der Waals surface area contributed by atoms with Gasteiger partial charge in [0.1, 0.15) is 5.75 Å². The maximum absolute atomic E-state index is 12.8. The minimum atomic E-state index is -3.46. The largest absolute Gasteiger partial charge is 0.497 e. The van der Waals surface area contributed by atoms with E-state index in [1.807, 2.05) is 0 Å². The quantitative estimate of drug-likeness (QED) is 0.760. The van der Waals surface area contributed by atoms with Crippen LogP contribution in [0.1, 0.15) is 24.8 Å². The summed E-state index contributed by atoms with van der Waals surface area (Å²) in [4.78, 5) is 0.348. The second-order valence-corrected chi connectivity index (χ2v) is 7.65. The van der Waals surface area contributed by atoms with Crippen LogP contribution in [-0.2, 0) is 14.8 Å². The first-order valence-corrected chi connectivity index (χ1v) is 9.39. The summed E-state index contributed by atoms with van der Waals surface area (Å²) in [5.41, 5.74) is 6.15. The van der Waals surface area contributed by atoms with Crippen LogP contribution in [0.15, 0.2) is 23.1 Å². The molecule has 1 aromatic rings. The first kappa shape index (κ1) is 18.2. The van der Waals surface area contributed by atoms with E-state index in [1.54, 1.807) is 36.5 Å². The maximum atomic E-state index is 12.8. The number of benzene rings is 1. The molecule has 1 aromatic carbocycles. The zero-order chi connectivity index (χ0) is 16.9. The van der Waals surface area contributed by atoms with Crippen LogP contribution in [-0.4, -0.2) is 52.2 Å². The summed E-state index contributed by atoms with van der Waals surface area (Å²) < 4.78 is 38.0. The number of nitrogens with two attached hydrogens (primary N) is 1. The molecule has 0 spiro atoms. The highest BCUT2D eigenvalue weighted by Crippen LogP contribution is 2.26. The Kier molecular flexibility index (Phi) is 6.41. The zero-order valence-electron chi connectivity index (χ0n) is 13.8. The smallest absolute Gasteiger partial charge is 0.243 e. The van der Waals surface area contributed by atoms with Gasteiger partial charge < -0.3 is 15.2 Å². The molecule has 1 aliphatic rings. The van der Waals surface area contributed by atoms with Crippen LogP contribution in [0.3, 0.4) is 0 Å². The fraction of sp³-hybridized carbons (Fsp3) is 0.625. The van der Waals surface area contributed by atoms with Crippen molar-refractivity contribution in [3.63, 3.8) is 0 Å². The molecule has 7 heteroatoms.